The molecule has 0 aromatic carbocycles. The molecule has 0 radical (unpaired) electrons. The summed E-state index contributed by atoms with van der Waals surface area (Å²) in [7, 11) is 1.68. The van der Waals surface area contributed by atoms with E-state index in [0.29, 0.717) is 19.1 Å². The molecule has 5 heteroatoms. The Balaban J connectivity index is 2.91. The predicted octanol–water partition coefficient (Wildman–Crippen LogP) is 2.83. The molecule has 0 fully saturated rings. The molecule has 0 saturated carbocycles. The summed E-state index contributed by atoms with van der Waals surface area (Å²) < 4.78 is 18.7. The minimum absolute atomic E-state index is 0.280. The van der Waals surface area contributed by atoms with Crippen LogP contribution in [0.5, 0.6) is 0 Å². The maximum atomic E-state index is 13.5. The summed E-state index contributed by atoms with van der Waals surface area (Å²) in [6.45, 7) is 11.4. The van der Waals surface area contributed by atoms with Gasteiger partial charge in [-0.1, -0.05) is 13.8 Å². The summed E-state index contributed by atoms with van der Waals surface area (Å²) in [6, 6.07) is 1.85. The van der Waals surface area contributed by atoms with Crippen molar-refractivity contribution in [3.8, 4) is 0 Å². The molecule has 0 aliphatic rings. The summed E-state index contributed by atoms with van der Waals surface area (Å²) >= 11 is 0. The Labute approximate surface area is 127 Å². The van der Waals surface area contributed by atoms with Crippen LogP contribution in [-0.2, 0) is 11.3 Å². The van der Waals surface area contributed by atoms with E-state index in [1.807, 2.05) is 0 Å². The molecule has 0 aliphatic carbocycles. The zero-order valence-corrected chi connectivity index (χ0v) is 13.8. The van der Waals surface area contributed by atoms with Crippen LogP contribution in [0.1, 0.15) is 33.3 Å². The van der Waals surface area contributed by atoms with Crippen LogP contribution in [0.2, 0.25) is 0 Å². The number of anilines is 1. The maximum Gasteiger partial charge on any atom is 0.141 e. The van der Waals surface area contributed by atoms with Crippen LogP contribution < -0.4 is 10.2 Å². The lowest BCUT2D eigenvalue weighted by Crippen LogP contribution is -2.36. The normalized spacial score (nSPS) is 11.4. The van der Waals surface area contributed by atoms with Crippen molar-refractivity contribution in [3.05, 3.63) is 23.6 Å². The van der Waals surface area contributed by atoms with Crippen LogP contribution in [-0.4, -0.2) is 37.8 Å². The number of hydrogen-bond donors (Lipinski definition) is 1. The summed E-state index contributed by atoms with van der Waals surface area (Å²) in [5.41, 5.74) is 0.889. The molecule has 1 aromatic rings. The monoisotopic (exact) mass is 297 g/mol. The second-order valence-electron chi connectivity index (χ2n) is 5.94. The minimum atomic E-state index is -0.296. The van der Waals surface area contributed by atoms with E-state index in [4.69, 9.17) is 4.74 Å². The topological polar surface area (TPSA) is 37.4 Å². The van der Waals surface area contributed by atoms with Crippen molar-refractivity contribution >= 4 is 5.82 Å². The first kappa shape index (κ1) is 17.9. The fourth-order valence-corrected chi connectivity index (χ4v) is 2.16. The second kappa shape index (κ2) is 8.95. The number of halogens is 1. The van der Waals surface area contributed by atoms with E-state index >= 15 is 0 Å². The number of methoxy groups -OCH3 is 1. The lowest BCUT2D eigenvalue weighted by molar-refractivity contribution is 0.203. The highest BCUT2D eigenvalue weighted by Crippen LogP contribution is 2.20. The van der Waals surface area contributed by atoms with Crippen LogP contribution in [0.15, 0.2) is 12.3 Å². The summed E-state index contributed by atoms with van der Waals surface area (Å²) in [6.07, 6.45) is 1.28. The SMILES string of the molecule is COCCN(c1ncc(F)cc1CNCC(C)C)C(C)C. The molecule has 0 bridgehead atoms. The predicted molar refractivity (Wildman–Crippen MR) is 85.1 cm³/mol. The Morgan fingerprint density at radius 1 is 1.33 bits per heavy atom. The highest BCUT2D eigenvalue weighted by molar-refractivity contribution is 5.47. The van der Waals surface area contributed by atoms with Crippen LogP contribution in [0.3, 0.4) is 0 Å². The van der Waals surface area contributed by atoms with Gasteiger partial charge in [-0.3, -0.25) is 0 Å². The summed E-state index contributed by atoms with van der Waals surface area (Å²) in [5.74, 6) is 1.10. The Kier molecular flexibility index (Phi) is 7.61. The highest BCUT2D eigenvalue weighted by Gasteiger charge is 2.16. The fourth-order valence-electron chi connectivity index (χ4n) is 2.16. The fraction of sp³-hybridized carbons (Fsp3) is 0.688. The minimum Gasteiger partial charge on any atom is -0.383 e. The van der Waals surface area contributed by atoms with Gasteiger partial charge in [-0.2, -0.15) is 0 Å². The van der Waals surface area contributed by atoms with Crippen molar-refractivity contribution in [1.29, 1.82) is 0 Å². The van der Waals surface area contributed by atoms with Gasteiger partial charge in [0.05, 0.1) is 12.8 Å². The average molecular weight is 297 g/mol. The Bertz CT molecular complexity index is 424. The van der Waals surface area contributed by atoms with E-state index in [0.717, 1.165) is 24.5 Å². The third-order valence-corrected chi connectivity index (χ3v) is 3.21. The molecule has 0 saturated heterocycles. The smallest absolute Gasteiger partial charge is 0.141 e. The number of pyridine rings is 1. The molecule has 21 heavy (non-hydrogen) atoms. The molecular weight excluding hydrogens is 269 g/mol. The van der Waals surface area contributed by atoms with Crippen molar-refractivity contribution in [3.63, 3.8) is 0 Å². The standard InChI is InChI=1S/C16H28FN3O/c1-12(2)9-18-10-14-8-15(17)11-19-16(14)20(13(3)4)6-7-21-5/h8,11-13,18H,6-7,9-10H2,1-5H3. The van der Waals surface area contributed by atoms with Gasteiger partial charge in [-0.05, 0) is 32.4 Å². The van der Waals surface area contributed by atoms with Gasteiger partial charge < -0.3 is 15.0 Å². The highest BCUT2D eigenvalue weighted by atomic mass is 19.1. The number of hydrogen-bond acceptors (Lipinski definition) is 4. The number of nitrogens with zero attached hydrogens (tertiary/aromatic N) is 2. The van der Waals surface area contributed by atoms with Crippen molar-refractivity contribution < 1.29 is 9.13 Å². The molecule has 1 aromatic heterocycles. The molecule has 4 nitrogen and oxygen atoms in total. The first-order valence-corrected chi connectivity index (χ1v) is 7.56. The van der Waals surface area contributed by atoms with Gasteiger partial charge in [0.15, 0.2) is 0 Å². The lowest BCUT2D eigenvalue weighted by Gasteiger charge is -2.29. The van der Waals surface area contributed by atoms with Crippen molar-refractivity contribution in [2.24, 2.45) is 5.92 Å². The van der Waals surface area contributed by atoms with Gasteiger partial charge >= 0.3 is 0 Å². The van der Waals surface area contributed by atoms with Gasteiger partial charge in [-0.25, -0.2) is 9.37 Å². The van der Waals surface area contributed by atoms with Crippen LogP contribution in [0.4, 0.5) is 10.2 Å². The van der Waals surface area contributed by atoms with E-state index < -0.39 is 0 Å². The van der Waals surface area contributed by atoms with Gasteiger partial charge in [0.2, 0.25) is 0 Å². The second-order valence-corrected chi connectivity index (χ2v) is 5.94. The maximum absolute atomic E-state index is 13.5. The molecule has 1 heterocycles. The quantitative estimate of drug-likeness (QED) is 0.760. The number of rotatable bonds is 9. The average Bonchev–Trinajstić information content (AvgIpc) is 2.40. The Hall–Kier alpha value is -1.20. The summed E-state index contributed by atoms with van der Waals surface area (Å²) in [5, 5.41) is 3.35. The zero-order valence-electron chi connectivity index (χ0n) is 13.8. The molecule has 0 aliphatic heterocycles. The molecule has 120 valence electrons. The van der Waals surface area contributed by atoms with Gasteiger partial charge in [-0.15, -0.1) is 0 Å². The zero-order chi connectivity index (χ0) is 15.8. The Morgan fingerprint density at radius 2 is 2.05 bits per heavy atom. The first-order valence-electron chi connectivity index (χ1n) is 7.56. The largest absolute Gasteiger partial charge is 0.383 e. The number of nitrogens with one attached hydrogen (secondary N) is 1. The van der Waals surface area contributed by atoms with Crippen molar-refractivity contribution in [2.45, 2.75) is 40.3 Å². The molecular formula is C16H28FN3O. The van der Waals surface area contributed by atoms with Crippen LogP contribution >= 0.6 is 0 Å². The van der Waals surface area contributed by atoms with E-state index in [2.05, 4.69) is 42.9 Å². The van der Waals surface area contributed by atoms with Gasteiger partial charge in [0.25, 0.3) is 0 Å². The molecule has 0 spiro atoms. The lowest BCUT2D eigenvalue weighted by atomic mass is 10.2. The van der Waals surface area contributed by atoms with E-state index in [-0.39, 0.29) is 11.9 Å². The third kappa shape index (κ3) is 5.98. The molecule has 1 rings (SSSR count). The Morgan fingerprint density at radius 3 is 2.62 bits per heavy atom. The van der Waals surface area contributed by atoms with Gasteiger partial charge in [0.1, 0.15) is 11.6 Å². The third-order valence-electron chi connectivity index (χ3n) is 3.21. The van der Waals surface area contributed by atoms with E-state index in [1.165, 1.54) is 6.20 Å². The van der Waals surface area contributed by atoms with Crippen LogP contribution in [0.25, 0.3) is 0 Å². The van der Waals surface area contributed by atoms with E-state index in [1.54, 1.807) is 13.2 Å². The first-order chi connectivity index (χ1) is 9.95. The van der Waals surface area contributed by atoms with Gasteiger partial charge in [0, 0.05) is 31.8 Å². The molecule has 1 N–H and O–H groups in total. The van der Waals surface area contributed by atoms with Crippen LogP contribution in [0, 0.1) is 11.7 Å². The molecule has 0 unspecified atom stereocenters. The summed E-state index contributed by atoms with van der Waals surface area (Å²) in [4.78, 5) is 6.45. The number of aromatic nitrogens is 1. The van der Waals surface area contributed by atoms with E-state index in [9.17, 15) is 4.39 Å². The number of ether oxygens (including phenoxy) is 1. The van der Waals surface area contributed by atoms with Crippen molar-refractivity contribution in [2.75, 3.05) is 31.7 Å². The molecule has 0 amide bonds. The van der Waals surface area contributed by atoms with Crippen molar-refractivity contribution in [1.82, 2.24) is 10.3 Å². The molecule has 0 atom stereocenters.